The van der Waals surface area contributed by atoms with Gasteiger partial charge in [-0.25, -0.2) is 13.1 Å². The first-order chi connectivity index (χ1) is 9.97. The van der Waals surface area contributed by atoms with Crippen LogP contribution in [0.5, 0.6) is 0 Å². The molecule has 0 atom stereocenters. The van der Waals surface area contributed by atoms with E-state index in [1.165, 1.54) is 0 Å². The maximum atomic E-state index is 12.2. The van der Waals surface area contributed by atoms with Gasteiger partial charge in [-0.3, -0.25) is 0 Å². The average molecular weight is 376 g/mol. The van der Waals surface area contributed by atoms with E-state index < -0.39 is 10.0 Å². The van der Waals surface area contributed by atoms with Crippen LogP contribution in [-0.2, 0) is 10.0 Å². The molecule has 0 radical (unpaired) electrons. The predicted molar refractivity (Wildman–Crippen MR) is 88.0 cm³/mol. The molecular weight excluding hydrogens is 354 g/mol. The van der Waals surface area contributed by atoms with E-state index in [9.17, 15) is 8.42 Å². The molecule has 21 heavy (non-hydrogen) atoms. The lowest BCUT2D eigenvalue weighted by Crippen LogP contribution is -2.44. The second kappa shape index (κ2) is 7.69. The first-order valence-electron chi connectivity index (χ1n) is 7.17. The standard InChI is InChI=1S/C14H22BrN3O2S/c1-12-9-13(15)11-14(10-12)21(19,20)17-3-2-6-18-7-4-16-5-8-18/h9-11,16-17H,2-8H2,1H3. The maximum absolute atomic E-state index is 12.2. The van der Waals surface area contributed by atoms with Crippen molar-refractivity contribution in [3.63, 3.8) is 0 Å². The molecule has 0 unspecified atom stereocenters. The summed E-state index contributed by atoms with van der Waals surface area (Å²) in [5.41, 5.74) is 0.922. The van der Waals surface area contributed by atoms with Gasteiger partial charge in [-0.15, -0.1) is 0 Å². The van der Waals surface area contributed by atoms with Crippen molar-refractivity contribution in [1.82, 2.24) is 14.9 Å². The summed E-state index contributed by atoms with van der Waals surface area (Å²) in [5.74, 6) is 0. The van der Waals surface area contributed by atoms with Gasteiger partial charge >= 0.3 is 0 Å². The summed E-state index contributed by atoms with van der Waals surface area (Å²) < 4.78 is 27.9. The summed E-state index contributed by atoms with van der Waals surface area (Å²) in [6.45, 7) is 7.40. The van der Waals surface area contributed by atoms with Gasteiger partial charge in [0.05, 0.1) is 4.90 Å². The summed E-state index contributed by atoms with van der Waals surface area (Å²) in [4.78, 5) is 2.67. The average Bonchev–Trinajstić information content (AvgIpc) is 2.44. The summed E-state index contributed by atoms with van der Waals surface area (Å²) in [7, 11) is -3.42. The van der Waals surface area contributed by atoms with Crippen LogP contribution in [0.4, 0.5) is 0 Å². The van der Waals surface area contributed by atoms with Gasteiger partial charge in [0.2, 0.25) is 10.0 Å². The van der Waals surface area contributed by atoms with Gasteiger partial charge in [-0.1, -0.05) is 15.9 Å². The first kappa shape index (κ1) is 16.9. The van der Waals surface area contributed by atoms with E-state index in [1.54, 1.807) is 12.1 Å². The zero-order valence-corrected chi connectivity index (χ0v) is 14.6. The van der Waals surface area contributed by atoms with Gasteiger partial charge < -0.3 is 10.2 Å². The Labute approximate surface area is 135 Å². The zero-order chi connectivity index (χ0) is 15.3. The minimum atomic E-state index is -3.42. The lowest BCUT2D eigenvalue weighted by molar-refractivity contribution is 0.239. The van der Waals surface area contributed by atoms with Crippen LogP contribution in [-0.4, -0.2) is 52.6 Å². The van der Waals surface area contributed by atoms with Gasteiger partial charge in [0.15, 0.2) is 0 Å². The number of nitrogens with zero attached hydrogens (tertiary/aromatic N) is 1. The Morgan fingerprint density at radius 2 is 2.00 bits per heavy atom. The number of benzene rings is 1. The highest BCUT2D eigenvalue weighted by atomic mass is 79.9. The highest BCUT2D eigenvalue weighted by molar-refractivity contribution is 9.10. The van der Waals surface area contributed by atoms with Gasteiger partial charge in [-0.2, -0.15) is 0 Å². The molecule has 118 valence electrons. The van der Waals surface area contributed by atoms with Gasteiger partial charge in [-0.05, 0) is 43.7 Å². The zero-order valence-electron chi connectivity index (χ0n) is 12.2. The third-order valence-corrected chi connectivity index (χ3v) is 5.38. The van der Waals surface area contributed by atoms with Crippen LogP contribution in [0, 0.1) is 6.92 Å². The number of nitrogens with one attached hydrogen (secondary N) is 2. The van der Waals surface area contributed by atoms with E-state index in [1.807, 2.05) is 13.0 Å². The van der Waals surface area contributed by atoms with E-state index in [4.69, 9.17) is 0 Å². The van der Waals surface area contributed by atoms with Crippen molar-refractivity contribution in [3.8, 4) is 0 Å². The van der Waals surface area contributed by atoms with Gasteiger partial charge in [0.25, 0.3) is 0 Å². The molecule has 0 amide bonds. The minimum Gasteiger partial charge on any atom is -0.314 e. The van der Waals surface area contributed by atoms with Gasteiger partial charge in [0, 0.05) is 37.2 Å². The fourth-order valence-electron chi connectivity index (χ4n) is 2.39. The molecule has 1 aliphatic rings. The van der Waals surface area contributed by atoms with Crippen LogP contribution >= 0.6 is 15.9 Å². The van der Waals surface area contributed by atoms with Crippen LogP contribution in [0.2, 0.25) is 0 Å². The van der Waals surface area contributed by atoms with Crippen molar-refractivity contribution >= 4 is 26.0 Å². The number of sulfonamides is 1. The summed E-state index contributed by atoms with van der Waals surface area (Å²) in [5, 5.41) is 3.30. The number of aryl methyl sites for hydroxylation is 1. The molecule has 1 aromatic rings. The number of hydrogen-bond acceptors (Lipinski definition) is 4. The number of piperazine rings is 1. The molecular formula is C14H22BrN3O2S. The van der Waals surface area contributed by atoms with Crippen LogP contribution in [0.3, 0.4) is 0 Å². The second-order valence-corrected chi connectivity index (χ2v) is 7.99. The molecule has 0 bridgehead atoms. The van der Waals surface area contributed by atoms with Crippen LogP contribution in [0.15, 0.2) is 27.6 Å². The lowest BCUT2D eigenvalue weighted by atomic mass is 10.2. The third kappa shape index (κ3) is 5.34. The Morgan fingerprint density at radius 3 is 2.67 bits per heavy atom. The van der Waals surface area contributed by atoms with Crippen molar-refractivity contribution in [3.05, 3.63) is 28.2 Å². The van der Waals surface area contributed by atoms with E-state index in [2.05, 4.69) is 30.9 Å². The molecule has 7 heteroatoms. The molecule has 1 aliphatic heterocycles. The number of hydrogen-bond donors (Lipinski definition) is 2. The monoisotopic (exact) mass is 375 g/mol. The molecule has 0 saturated carbocycles. The third-order valence-electron chi connectivity index (χ3n) is 3.48. The Bertz CT molecular complexity index is 551. The predicted octanol–water partition coefficient (Wildman–Crippen LogP) is 1.33. The molecule has 1 aromatic carbocycles. The summed E-state index contributed by atoms with van der Waals surface area (Å²) in [6, 6.07) is 5.21. The Hall–Kier alpha value is -0.470. The van der Waals surface area contributed by atoms with Crippen molar-refractivity contribution in [1.29, 1.82) is 0 Å². The molecule has 0 spiro atoms. The molecule has 1 saturated heterocycles. The quantitative estimate of drug-likeness (QED) is 0.736. The molecule has 0 aliphatic carbocycles. The highest BCUT2D eigenvalue weighted by Gasteiger charge is 2.15. The topological polar surface area (TPSA) is 61.4 Å². The minimum absolute atomic E-state index is 0.316. The largest absolute Gasteiger partial charge is 0.314 e. The smallest absolute Gasteiger partial charge is 0.240 e. The molecule has 1 fully saturated rings. The molecule has 2 N–H and O–H groups in total. The fourth-order valence-corrected chi connectivity index (χ4v) is 4.35. The highest BCUT2D eigenvalue weighted by Crippen LogP contribution is 2.18. The fraction of sp³-hybridized carbons (Fsp3) is 0.571. The van der Waals surface area contributed by atoms with E-state index in [-0.39, 0.29) is 0 Å². The molecule has 5 nitrogen and oxygen atoms in total. The van der Waals surface area contributed by atoms with Crippen molar-refractivity contribution in [2.24, 2.45) is 0 Å². The van der Waals surface area contributed by atoms with Crippen molar-refractivity contribution in [2.75, 3.05) is 39.3 Å². The van der Waals surface area contributed by atoms with Crippen molar-refractivity contribution in [2.45, 2.75) is 18.2 Å². The van der Waals surface area contributed by atoms with Gasteiger partial charge in [0.1, 0.15) is 0 Å². The summed E-state index contributed by atoms with van der Waals surface area (Å²) in [6.07, 6.45) is 0.826. The molecule has 2 rings (SSSR count). The first-order valence-corrected chi connectivity index (χ1v) is 9.45. The SMILES string of the molecule is Cc1cc(Br)cc(S(=O)(=O)NCCCN2CCNCC2)c1. The van der Waals surface area contributed by atoms with Crippen LogP contribution < -0.4 is 10.0 Å². The van der Waals surface area contributed by atoms with Crippen molar-refractivity contribution < 1.29 is 8.42 Å². The molecule has 0 aromatic heterocycles. The van der Waals surface area contributed by atoms with E-state index in [0.717, 1.165) is 49.2 Å². The molecule has 1 heterocycles. The maximum Gasteiger partial charge on any atom is 0.240 e. The summed E-state index contributed by atoms with van der Waals surface area (Å²) >= 11 is 3.33. The van der Waals surface area contributed by atoms with E-state index in [0.29, 0.717) is 11.4 Å². The second-order valence-electron chi connectivity index (χ2n) is 5.31. The number of rotatable bonds is 6. The lowest BCUT2D eigenvalue weighted by Gasteiger charge is -2.27. The Balaban J connectivity index is 1.83. The Morgan fingerprint density at radius 1 is 1.29 bits per heavy atom. The van der Waals surface area contributed by atoms with E-state index >= 15 is 0 Å². The normalized spacial score (nSPS) is 17.0. The number of halogens is 1. The Kier molecular flexibility index (Phi) is 6.19. The van der Waals surface area contributed by atoms with Crippen LogP contribution in [0.1, 0.15) is 12.0 Å². The van der Waals surface area contributed by atoms with Crippen LogP contribution in [0.25, 0.3) is 0 Å².